The Morgan fingerprint density at radius 2 is 1.65 bits per heavy atom. The first-order valence-electron chi connectivity index (χ1n) is 6.25. The van der Waals surface area contributed by atoms with E-state index in [1.807, 2.05) is 0 Å². The standard InChI is InChI=1S/C15H6F5NO2/c16-10-3-1-7(5-11(10)17)13-14(22)9-6-8(15(18,19)20)2-4-12(9)21(13)23/h1-6H. The highest BCUT2D eigenvalue weighted by Crippen LogP contribution is 2.35. The molecule has 1 aliphatic heterocycles. The van der Waals surface area contributed by atoms with E-state index < -0.39 is 40.4 Å². The summed E-state index contributed by atoms with van der Waals surface area (Å²) in [5.41, 5.74) is -2.56. The zero-order valence-corrected chi connectivity index (χ0v) is 11.1. The molecule has 0 aromatic heterocycles. The van der Waals surface area contributed by atoms with Crippen molar-refractivity contribution in [2.24, 2.45) is 0 Å². The largest absolute Gasteiger partial charge is 0.618 e. The molecule has 3 nitrogen and oxygen atoms in total. The Morgan fingerprint density at radius 3 is 2.26 bits per heavy atom. The summed E-state index contributed by atoms with van der Waals surface area (Å²) in [6, 6.07) is 4.48. The smallest absolute Gasteiger partial charge is 0.416 e. The summed E-state index contributed by atoms with van der Waals surface area (Å²) in [6.45, 7) is 0. The average molecular weight is 327 g/mol. The lowest BCUT2D eigenvalue weighted by Gasteiger charge is -2.06. The highest BCUT2D eigenvalue weighted by atomic mass is 19.4. The lowest BCUT2D eigenvalue weighted by Crippen LogP contribution is -2.17. The summed E-state index contributed by atoms with van der Waals surface area (Å²) in [7, 11) is 0. The number of ketones is 1. The SMILES string of the molecule is O=C1C(c2ccc(F)c(F)c2)=[N+]([O-])c2ccc(C(F)(F)F)cc21. The van der Waals surface area contributed by atoms with Crippen molar-refractivity contribution in [1.82, 2.24) is 0 Å². The zero-order chi connectivity index (χ0) is 16.9. The van der Waals surface area contributed by atoms with Crippen molar-refractivity contribution in [3.63, 3.8) is 0 Å². The van der Waals surface area contributed by atoms with E-state index in [2.05, 4.69) is 0 Å². The molecule has 0 unspecified atom stereocenters. The van der Waals surface area contributed by atoms with Crippen LogP contribution >= 0.6 is 0 Å². The van der Waals surface area contributed by atoms with Crippen LogP contribution in [0.3, 0.4) is 0 Å². The number of Topliss-reactive ketones (excluding diaryl/α,β-unsaturated/α-hetero) is 1. The minimum Gasteiger partial charge on any atom is -0.618 e. The van der Waals surface area contributed by atoms with Gasteiger partial charge in [0.05, 0.1) is 11.1 Å². The van der Waals surface area contributed by atoms with E-state index in [0.29, 0.717) is 18.2 Å². The summed E-state index contributed by atoms with van der Waals surface area (Å²) in [6.07, 6.45) is -4.67. The van der Waals surface area contributed by atoms with E-state index in [1.165, 1.54) is 0 Å². The number of hydrogen-bond acceptors (Lipinski definition) is 2. The molecule has 3 rings (SSSR count). The van der Waals surface area contributed by atoms with E-state index in [9.17, 15) is 32.0 Å². The number of nitrogens with zero attached hydrogens (tertiary/aromatic N) is 1. The fraction of sp³-hybridized carbons (Fsp3) is 0.0667. The molecule has 0 bridgehead atoms. The fourth-order valence-corrected chi connectivity index (χ4v) is 2.30. The maximum absolute atomic E-state index is 13.3. The Labute approximate surface area is 125 Å². The van der Waals surface area contributed by atoms with Gasteiger partial charge in [0, 0.05) is 6.07 Å². The molecule has 23 heavy (non-hydrogen) atoms. The summed E-state index contributed by atoms with van der Waals surface area (Å²) < 4.78 is 64.4. The molecule has 0 saturated heterocycles. The molecular formula is C15H6F5NO2. The normalized spacial score (nSPS) is 14.4. The number of halogens is 5. The molecule has 2 aromatic rings. The van der Waals surface area contributed by atoms with Crippen LogP contribution in [0.2, 0.25) is 0 Å². The van der Waals surface area contributed by atoms with Crippen LogP contribution in [0.25, 0.3) is 0 Å². The Morgan fingerprint density at radius 1 is 0.957 bits per heavy atom. The lowest BCUT2D eigenvalue weighted by atomic mass is 10.0. The van der Waals surface area contributed by atoms with Gasteiger partial charge in [-0.05, 0) is 30.3 Å². The quantitative estimate of drug-likeness (QED) is 0.454. The van der Waals surface area contributed by atoms with Gasteiger partial charge in [0.1, 0.15) is 5.56 Å². The maximum Gasteiger partial charge on any atom is 0.416 e. The van der Waals surface area contributed by atoms with Crippen LogP contribution in [0.15, 0.2) is 36.4 Å². The van der Waals surface area contributed by atoms with E-state index in [4.69, 9.17) is 0 Å². The number of carbonyl (C=O) groups excluding carboxylic acids is 1. The van der Waals surface area contributed by atoms with Crippen LogP contribution < -0.4 is 0 Å². The molecule has 0 radical (unpaired) electrons. The van der Waals surface area contributed by atoms with Crippen molar-refractivity contribution < 1.29 is 31.5 Å². The number of rotatable bonds is 1. The second-order valence-corrected chi connectivity index (χ2v) is 4.83. The average Bonchev–Trinajstić information content (AvgIpc) is 2.73. The van der Waals surface area contributed by atoms with Crippen LogP contribution in [0.1, 0.15) is 21.5 Å². The van der Waals surface area contributed by atoms with Crippen molar-refractivity contribution in [1.29, 1.82) is 0 Å². The van der Waals surface area contributed by atoms with Gasteiger partial charge < -0.3 is 5.21 Å². The predicted molar refractivity (Wildman–Crippen MR) is 69.5 cm³/mol. The minimum atomic E-state index is -4.67. The molecule has 0 fully saturated rings. The summed E-state index contributed by atoms with van der Waals surface area (Å²) in [5.74, 6) is -3.43. The first-order chi connectivity index (χ1) is 10.7. The molecule has 0 N–H and O–H groups in total. The van der Waals surface area contributed by atoms with Crippen LogP contribution in [-0.2, 0) is 6.18 Å². The number of benzene rings is 2. The lowest BCUT2D eigenvalue weighted by molar-refractivity contribution is -0.355. The van der Waals surface area contributed by atoms with Crippen LogP contribution in [0.5, 0.6) is 0 Å². The van der Waals surface area contributed by atoms with Crippen molar-refractivity contribution in [2.45, 2.75) is 6.18 Å². The number of fused-ring (bicyclic) bond motifs is 1. The van der Waals surface area contributed by atoms with Gasteiger partial charge in [0.25, 0.3) is 11.5 Å². The molecule has 0 saturated carbocycles. The molecule has 8 heteroatoms. The molecule has 2 aromatic carbocycles. The summed E-state index contributed by atoms with van der Waals surface area (Å²) in [4.78, 5) is 12.2. The van der Waals surface area contributed by atoms with E-state index in [-0.39, 0.29) is 16.0 Å². The predicted octanol–water partition coefficient (Wildman–Crippen LogP) is 3.81. The molecule has 0 aliphatic carbocycles. The summed E-state index contributed by atoms with van der Waals surface area (Å²) >= 11 is 0. The zero-order valence-electron chi connectivity index (χ0n) is 11.1. The van der Waals surface area contributed by atoms with Crippen LogP contribution in [0.4, 0.5) is 27.6 Å². The van der Waals surface area contributed by atoms with E-state index in [0.717, 1.165) is 18.2 Å². The van der Waals surface area contributed by atoms with Gasteiger partial charge in [-0.15, -0.1) is 0 Å². The third kappa shape index (κ3) is 2.36. The Bertz CT molecular complexity index is 871. The van der Waals surface area contributed by atoms with E-state index >= 15 is 0 Å². The van der Waals surface area contributed by atoms with Gasteiger partial charge in [-0.1, -0.05) is 0 Å². The molecule has 1 heterocycles. The highest BCUT2D eigenvalue weighted by Gasteiger charge is 2.40. The Hall–Kier alpha value is -2.77. The second-order valence-electron chi connectivity index (χ2n) is 4.83. The topological polar surface area (TPSA) is 43.1 Å². The van der Waals surface area contributed by atoms with E-state index in [1.54, 1.807) is 0 Å². The molecule has 0 atom stereocenters. The molecule has 118 valence electrons. The van der Waals surface area contributed by atoms with Crippen LogP contribution in [-0.4, -0.2) is 16.2 Å². The number of carbonyl (C=O) groups is 1. The highest BCUT2D eigenvalue weighted by molar-refractivity contribution is 6.52. The van der Waals surface area contributed by atoms with Gasteiger partial charge >= 0.3 is 6.18 Å². The first kappa shape index (κ1) is 15.1. The summed E-state index contributed by atoms with van der Waals surface area (Å²) in [5, 5.41) is 12.1. The van der Waals surface area contributed by atoms with Gasteiger partial charge in [0.2, 0.25) is 5.69 Å². The maximum atomic E-state index is 13.3. The van der Waals surface area contributed by atoms with Crippen molar-refractivity contribution in [3.8, 4) is 0 Å². The third-order valence-electron chi connectivity index (χ3n) is 3.40. The van der Waals surface area contributed by atoms with Crippen molar-refractivity contribution >= 4 is 17.2 Å². The number of alkyl halides is 3. The van der Waals surface area contributed by atoms with Gasteiger partial charge in [-0.2, -0.15) is 17.9 Å². The molecule has 0 spiro atoms. The van der Waals surface area contributed by atoms with Gasteiger partial charge in [-0.3, -0.25) is 4.79 Å². The Balaban J connectivity index is 2.13. The molecule has 1 aliphatic rings. The van der Waals surface area contributed by atoms with Crippen molar-refractivity contribution in [3.05, 3.63) is 69.9 Å². The molecular weight excluding hydrogens is 321 g/mol. The van der Waals surface area contributed by atoms with Crippen LogP contribution in [0, 0.1) is 16.8 Å². The van der Waals surface area contributed by atoms with Gasteiger partial charge in [0.15, 0.2) is 11.6 Å². The third-order valence-corrected chi connectivity index (χ3v) is 3.40. The van der Waals surface area contributed by atoms with Crippen molar-refractivity contribution in [2.75, 3.05) is 0 Å². The monoisotopic (exact) mass is 327 g/mol. The second kappa shape index (κ2) is 4.87. The first-order valence-corrected chi connectivity index (χ1v) is 6.25. The number of hydrogen-bond donors (Lipinski definition) is 0. The fourth-order valence-electron chi connectivity index (χ4n) is 2.30. The molecule has 0 amide bonds. The van der Waals surface area contributed by atoms with Gasteiger partial charge in [-0.25, -0.2) is 8.78 Å². The Kier molecular flexibility index (Phi) is 3.20. The minimum absolute atomic E-state index is 0.116.